The molecular weight excluding hydrogens is 315 g/mol. The Balaban J connectivity index is 1.53. The maximum absolute atomic E-state index is 13.1. The number of carbonyl (C=O) groups is 1. The Morgan fingerprint density at radius 1 is 1.29 bits per heavy atom. The number of hydrogen-bond donors (Lipinski definition) is 1. The number of aromatic nitrogens is 2. The van der Waals surface area contributed by atoms with Crippen LogP contribution in [0.2, 0.25) is 0 Å². The van der Waals surface area contributed by atoms with E-state index in [0.717, 1.165) is 0 Å². The molecule has 0 fully saturated rings. The van der Waals surface area contributed by atoms with E-state index in [-0.39, 0.29) is 18.3 Å². The second kappa shape index (κ2) is 7.05. The van der Waals surface area contributed by atoms with E-state index < -0.39 is 5.82 Å². The zero-order valence-corrected chi connectivity index (χ0v) is 12.9. The number of likely N-dealkylation sites (N-methyl/N-ethyl adjacent to an activating group) is 1. The van der Waals surface area contributed by atoms with Crippen LogP contribution in [0.3, 0.4) is 0 Å². The van der Waals surface area contributed by atoms with Gasteiger partial charge in [-0.05, 0) is 37.4 Å². The van der Waals surface area contributed by atoms with Crippen LogP contribution < -0.4 is 5.32 Å². The Bertz CT molecular complexity index is 816. The highest BCUT2D eigenvalue weighted by molar-refractivity contribution is 5.92. The zero-order chi connectivity index (χ0) is 16.9. The van der Waals surface area contributed by atoms with Crippen LogP contribution in [0.5, 0.6) is 0 Å². The van der Waals surface area contributed by atoms with Gasteiger partial charge in [0.2, 0.25) is 11.8 Å². The van der Waals surface area contributed by atoms with Crippen molar-refractivity contribution in [3.63, 3.8) is 0 Å². The Kier molecular flexibility index (Phi) is 4.66. The van der Waals surface area contributed by atoms with Crippen LogP contribution in [0, 0.1) is 5.82 Å². The molecule has 0 bridgehead atoms. The van der Waals surface area contributed by atoms with Crippen LogP contribution in [-0.2, 0) is 11.3 Å². The van der Waals surface area contributed by atoms with Crippen molar-refractivity contribution >= 4 is 11.6 Å². The first-order chi connectivity index (χ1) is 11.6. The van der Waals surface area contributed by atoms with Gasteiger partial charge in [0.1, 0.15) is 5.82 Å². The van der Waals surface area contributed by atoms with Crippen molar-refractivity contribution < 1.29 is 18.0 Å². The van der Waals surface area contributed by atoms with E-state index in [4.69, 9.17) is 8.83 Å². The zero-order valence-electron chi connectivity index (χ0n) is 12.9. The molecule has 0 aliphatic heterocycles. The molecule has 2 aromatic heterocycles. The molecule has 24 heavy (non-hydrogen) atoms. The third-order valence-corrected chi connectivity index (χ3v) is 3.13. The largest absolute Gasteiger partial charge is 0.459 e. The number of hydrogen-bond acceptors (Lipinski definition) is 6. The van der Waals surface area contributed by atoms with E-state index in [1.807, 2.05) is 0 Å². The van der Waals surface area contributed by atoms with Gasteiger partial charge in [0.05, 0.1) is 19.4 Å². The monoisotopic (exact) mass is 330 g/mol. The molecule has 1 N–H and O–H groups in total. The van der Waals surface area contributed by atoms with Crippen molar-refractivity contribution in [1.29, 1.82) is 0 Å². The highest BCUT2D eigenvalue weighted by atomic mass is 19.1. The van der Waals surface area contributed by atoms with E-state index >= 15 is 0 Å². The van der Waals surface area contributed by atoms with Gasteiger partial charge in [-0.15, -0.1) is 10.2 Å². The first-order valence-corrected chi connectivity index (χ1v) is 7.20. The Morgan fingerprint density at radius 2 is 2.17 bits per heavy atom. The summed E-state index contributed by atoms with van der Waals surface area (Å²) in [5.41, 5.74) is 0.409. The minimum absolute atomic E-state index is 0.0922. The molecule has 8 heteroatoms. The summed E-state index contributed by atoms with van der Waals surface area (Å²) in [5.74, 6) is 0.460. The van der Waals surface area contributed by atoms with Gasteiger partial charge >= 0.3 is 0 Å². The van der Waals surface area contributed by atoms with Crippen LogP contribution in [0.1, 0.15) is 5.89 Å². The molecule has 0 unspecified atom stereocenters. The maximum atomic E-state index is 13.1. The van der Waals surface area contributed by atoms with Crippen molar-refractivity contribution in [3.05, 3.63) is 54.4 Å². The Hall–Kier alpha value is -3.00. The number of rotatable bonds is 6. The van der Waals surface area contributed by atoms with Gasteiger partial charge < -0.3 is 14.2 Å². The van der Waals surface area contributed by atoms with Gasteiger partial charge in [-0.3, -0.25) is 9.69 Å². The van der Waals surface area contributed by atoms with E-state index in [1.165, 1.54) is 24.5 Å². The fourth-order valence-electron chi connectivity index (χ4n) is 2.12. The molecule has 124 valence electrons. The lowest BCUT2D eigenvalue weighted by Gasteiger charge is -2.13. The third-order valence-electron chi connectivity index (χ3n) is 3.13. The summed E-state index contributed by atoms with van der Waals surface area (Å²) in [6.07, 6.45) is 1.52. The second-order valence-electron chi connectivity index (χ2n) is 5.21. The highest BCUT2D eigenvalue weighted by Gasteiger charge is 2.14. The first-order valence-electron chi connectivity index (χ1n) is 7.20. The first kappa shape index (κ1) is 15.9. The normalized spacial score (nSPS) is 11.0. The summed E-state index contributed by atoms with van der Waals surface area (Å²) in [7, 11) is 1.74. The van der Waals surface area contributed by atoms with Crippen LogP contribution in [0.4, 0.5) is 10.1 Å². The molecule has 0 atom stereocenters. The maximum Gasteiger partial charge on any atom is 0.283 e. The number of anilines is 1. The van der Waals surface area contributed by atoms with E-state index in [0.29, 0.717) is 23.9 Å². The summed E-state index contributed by atoms with van der Waals surface area (Å²) in [5, 5.41) is 10.4. The van der Waals surface area contributed by atoms with Gasteiger partial charge in [-0.1, -0.05) is 6.07 Å². The molecule has 0 spiro atoms. The molecule has 3 rings (SSSR count). The number of carbonyl (C=O) groups excluding carboxylic acids is 1. The lowest BCUT2D eigenvalue weighted by atomic mass is 10.3. The minimum atomic E-state index is -0.405. The van der Waals surface area contributed by atoms with Crippen LogP contribution in [-0.4, -0.2) is 34.6 Å². The van der Waals surface area contributed by atoms with E-state index in [9.17, 15) is 9.18 Å². The standard InChI is InChI=1S/C16H15FN4O3/c1-21(9-14(22)18-12-5-2-4-11(17)8-12)10-15-19-20-16(24-15)13-6-3-7-23-13/h2-8H,9-10H2,1H3,(H,18,22). The third kappa shape index (κ3) is 4.05. The summed E-state index contributed by atoms with van der Waals surface area (Å²) < 4.78 is 23.7. The predicted octanol–water partition coefficient (Wildman–Crippen LogP) is 2.54. The highest BCUT2D eigenvalue weighted by Crippen LogP contribution is 2.18. The van der Waals surface area contributed by atoms with Gasteiger partial charge in [0.25, 0.3) is 5.89 Å². The fraction of sp³-hybridized carbons (Fsp3) is 0.188. The van der Waals surface area contributed by atoms with Crippen LogP contribution in [0.15, 0.2) is 51.5 Å². The van der Waals surface area contributed by atoms with Crippen molar-refractivity contribution in [3.8, 4) is 11.7 Å². The number of nitrogens with one attached hydrogen (secondary N) is 1. The SMILES string of the molecule is CN(CC(=O)Nc1cccc(F)c1)Cc1nnc(-c2ccco2)o1. The molecule has 2 heterocycles. The average molecular weight is 330 g/mol. The summed E-state index contributed by atoms with van der Waals surface area (Å²) in [4.78, 5) is 13.7. The van der Waals surface area contributed by atoms with Crippen molar-refractivity contribution in [2.45, 2.75) is 6.54 Å². The molecular formula is C16H15FN4O3. The van der Waals surface area contributed by atoms with Crippen molar-refractivity contribution in [2.24, 2.45) is 0 Å². The van der Waals surface area contributed by atoms with Crippen molar-refractivity contribution in [1.82, 2.24) is 15.1 Å². The lowest BCUT2D eigenvalue weighted by molar-refractivity contribution is -0.117. The summed E-state index contributed by atoms with van der Waals surface area (Å²) in [6, 6.07) is 9.16. The average Bonchev–Trinajstić information content (AvgIpc) is 3.17. The minimum Gasteiger partial charge on any atom is -0.459 e. The van der Waals surface area contributed by atoms with Gasteiger partial charge in [-0.2, -0.15) is 0 Å². The smallest absolute Gasteiger partial charge is 0.283 e. The van der Waals surface area contributed by atoms with Gasteiger partial charge in [0, 0.05) is 5.69 Å². The van der Waals surface area contributed by atoms with Crippen molar-refractivity contribution in [2.75, 3.05) is 18.9 Å². The molecule has 0 saturated carbocycles. The Labute approximate surface area is 137 Å². The van der Waals surface area contributed by atoms with Gasteiger partial charge in [0.15, 0.2) is 5.76 Å². The van der Waals surface area contributed by atoms with E-state index in [2.05, 4.69) is 15.5 Å². The van der Waals surface area contributed by atoms with Crippen LogP contribution in [0.25, 0.3) is 11.7 Å². The molecule has 7 nitrogen and oxygen atoms in total. The molecule has 0 saturated heterocycles. The number of benzene rings is 1. The van der Waals surface area contributed by atoms with Crippen LogP contribution >= 0.6 is 0 Å². The molecule has 0 aliphatic rings. The number of furan rings is 1. The fourth-order valence-corrected chi connectivity index (χ4v) is 2.12. The second-order valence-corrected chi connectivity index (χ2v) is 5.21. The summed E-state index contributed by atoms with van der Waals surface area (Å²) >= 11 is 0. The molecule has 3 aromatic rings. The molecule has 1 aromatic carbocycles. The number of nitrogens with zero attached hydrogens (tertiary/aromatic N) is 3. The van der Waals surface area contributed by atoms with Gasteiger partial charge in [-0.25, -0.2) is 4.39 Å². The summed E-state index contributed by atoms with van der Waals surface area (Å²) in [6.45, 7) is 0.388. The lowest BCUT2D eigenvalue weighted by Crippen LogP contribution is -2.29. The quantitative estimate of drug-likeness (QED) is 0.748. The topological polar surface area (TPSA) is 84.4 Å². The predicted molar refractivity (Wildman–Crippen MR) is 83.4 cm³/mol. The number of halogens is 1. The molecule has 0 aliphatic carbocycles. The molecule has 0 radical (unpaired) electrons. The number of amides is 1. The molecule has 1 amide bonds. The Morgan fingerprint density at radius 3 is 2.92 bits per heavy atom. The van der Waals surface area contributed by atoms with E-state index in [1.54, 1.807) is 30.1 Å².